The van der Waals surface area contributed by atoms with Gasteiger partial charge in [-0.3, -0.25) is 4.79 Å². The molecule has 79 heavy (non-hydrogen) atoms. The third kappa shape index (κ3) is 10.8. The molecule has 4 saturated heterocycles. The summed E-state index contributed by atoms with van der Waals surface area (Å²) in [6, 6.07) is 6.24. The number of hydrogen-bond donors (Lipinski definition) is 8. The Labute approximate surface area is 461 Å². The Balaban J connectivity index is 0.811. The SMILES string of the molecule is CO[C@H]1C[C@H](O[C@@H]2[C@@H](C)O[C@@H](O[C@H]3CC[C@@]4(C)C(=CC[C@]5(O)[C@@H]4C[C@@H](OC(=O)C=Cc4ccc(O)cc4)[C@@]4(C)[C@]5(O)CC[C@@]4(O)C(C)=O)C3)C[C@H]2OC)O[C@H](C)[C@H]1O[C@H]1C[C@H](OC)[C@H](O[C@@H]2O[C@H](CO)[C@@H](O)[C@H](O)[C@H]2O)[C@@H](C)O1. The maximum atomic E-state index is 13.6. The molecule has 8 N–H and O–H groups in total. The molecule has 9 rings (SSSR count). The van der Waals surface area contributed by atoms with Crippen molar-refractivity contribution in [1.82, 2.24) is 0 Å². The lowest BCUT2D eigenvalue weighted by Gasteiger charge is -2.67. The van der Waals surface area contributed by atoms with Gasteiger partial charge in [-0.25, -0.2) is 4.79 Å². The van der Waals surface area contributed by atoms with Gasteiger partial charge in [0.05, 0.1) is 54.7 Å². The number of ether oxygens (including phenoxy) is 12. The van der Waals surface area contributed by atoms with Gasteiger partial charge in [0.15, 0.2) is 30.9 Å². The van der Waals surface area contributed by atoms with Crippen molar-refractivity contribution < 1.29 is 107 Å². The number of rotatable bonds is 16. The second-order valence-electron chi connectivity index (χ2n) is 23.7. The summed E-state index contributed by atoms with van der Waals surface area (Å²) in [6.07, 6.45) is -8.87. The Hall–Kier alpha value is -3.08. The summed E-state index contributed by atoms with van der Waals surface area (Å²) in [5.74, 6) is -1.89. The van der Waals surface area contributed by atoms with E-state index in [0.29, 0.717) is 37.7 Å². The minimum absolute atomic E-state index is 0.0477. The van der Waals surface area contributed by atoms with Gasteiger partial charge in [0.1, 0.15) is 71.4 Å². The van der Waals surface area contributed by atoms with Crippen LogP contribution in [0.5, 0.6) is 5.75 Å². The molecule has 3 saturated carbocycles. The fraction of sp³-hybridized carbons (Fsp3) is 0.789. The van der Waals surface area contributed by atoms with Crippen LogP contribution in [0.3, 0.4) is 0 Å². The minimum Gasteiger partial charge on any atom is -0.508 e. The van der Waals surface area contributed by atoms with Gasteiger partial charge < -0.3 is 97.7 Å². The molecular formula is C57H84O22. The van der Waals surface area contributed by atoms with Crippen LogP contribution in [-0.2, 0) is 66.4 Å². The molecule has 0 amide bonds. The van der Waals surface area contributed by atoms with E-state index < -0.39 is 163 Å². The van der Waals surface area contributed by atoms with E-state index in [1.54, 1.807) is 40.2 Å². The Bertz CT molecular complexity index is 2350. The van der Waals surface area contributed by atoms with Crippen molar-refractivity contribution in [3.63, 3.8) is 0 Å². The lowest BCUT2D eigenvalue weighted by molar-refractivity contribution is -0.357. The second kappa shape index (κ2) is 23.5. The summed E-state index contributed by atoms with van der Waals surface area (Å²) in [4.78, 5) is 27.0. The summed E-state index contributed by atoms with van der Waals surface area (Å²) >= 11 is 0. The predicted octanol–water partition coefficient (Wildman–Crippen LogP) is 2.23. The number of carbonyl (C=O) groups is 2. The number of benzene rings is 1. The van der Waals surface area contributed by atoms with E-state index in [1.165, 1.54) is 38.3 Å². The number of phenolic OH excluding ortho intramolecular Hbond substituents is 1. The molecule has 4 heterocycles. The number of phenols is 1. The van der Waals surface area contributed by atoms with Crippen molar-refractivity contribution in [1.29, 1.82) is 0 Å². The zero-order valence-corrected chi connectivity index (χ0v) is 46.7. The molecule has 4 aliphatic carbocycles. The standard InChI is InChI=1S/C57H84O22/c1-28-49(77-44-24-37(69-8)50(29(2)72-44)78-45-25-38(70-9)51(30(3)73-45)79-52-48(64)47(63)46(62)39(27-58)75-52)36(68-7)23-43(71-28)74-35-17-18-53(5)33(22-35)16-19-56(66)40(53)26-41(54(6)55(65,31(4)59)20-21-57(54,56)67)76-42(61)15-12-32-10-13-34(60)14-11-32/h10-16,28-30,35-41,43-52,58,60,62-67H,17-27H2,1-9H3/t28-,29-,30-,35+,36-,37+,38+,39-,40-,41-,43+,44+,45+,46-,47+,48-,49-,50-,51-,52+,53+,54-,55-,56+,57-/m1/s1. The molecule has 0 radical (unpaired) electrons. The first-order chi connectivity index (χ1) is 37.4. The third-order valence-corrected chi connectivity index (χ3v) is 19.6. The molecule has 22 heteroatoms. The lowest BCUT2D eigenvalue weighted by Crippen LogP contribution is -2.78. The third-order valence-electron chi connectivity index (χ3n) is 19.6. The van der Waals surface area contributed by atoms with Gasteiger partial charge in [0, 0.05) is 52.6 Å². The van der Waals surface area contributed by atoms with E-state index in [-0.39, 0.29) is 44.0 Å². The van der Waals surface area contributed by atoms with Crippen LogP contribution in [0.1, 0.15) is 111 Å². The van der Waals surface area contributed by atoms with E-state index in [1.807, 2.05) is 19.9 Å². The van der Waals surface area contributed by atoms with E-state index in [4.69, 9.17) is 56.8 Å². The molecule has 4 aliphatic heterocycles. The summed E-state index contributed by atoms with van der Waals surface area (Å²) in [5.41, 5.74) is -6.66. The number of fused-ring (bicyclic) bond motifs is 5. The molecule has 0 unspecified atom stereocenters. The number of methoxy groups -OCH3 is 3. The number of aliphatic hydroxyl groups is 7. The smallest absolute Gasteiger partial charge is 0.331 e. The fourth-order valence-corrected chi connectivity index (χ4v) is 14.8. The maximum absolute atomic E-state index is 13.6. The average Bonchev–Trinajstić information content (AvgIpc) is 2.40. The van der Waals surface area contributed by atoms with E-state index in [2.05, 4.69) is 6.92 Å². The Kier molecular flexibility index (Phi) is 18.0. The van der Waals surface area contributed by atoms with Crippen LogP contribution in [-0.4, -0.2) is 214 Å². The maximum Gasteiger partial charge on any atom is 0.331 e. The van der Waals surface area contributed by atoms with Gasteiger partial charge in [-0.05, 0) is 109 Å². The van der Waals surface area contributed by atoms with Gasteiger partial charge in [-0.15, -0.1) is 0 Å². The van der Waals surface area contributed by atoms with Gasteiger partial charge in [0.25, 0.3) is 0 Å². The van der Waals surface area contributed by atoms with Crippen LogP contribution < -0.4 is 0 Å². The van der Waals surface area contributed by atoms with Crippen LogP contribution >= 0.6 is 0 Å². The van der Waals surface area contributed by atoms with Gasteiger partial charge >= 0.3 is 5.97 Å². The van der Waals surface area contributed by atoms with Crippen LogP contribution in [0.2, 0.25) is 0 Å². The highest BCUT2D eigenvalue weighted by Gasteiger charge is 2.81. The van der Waals surface area contributed by atoms with Gasteiger partial charge in [0.2, 0.25) is 0 Å². The van der Waals surface area contributed by atoms with Crippen LogP contribution in [0, 0.1) is 16.7 Å². The zero-order valence-electron chi connectivity index (χ0n) is 46.7. The molecule has 1 aromatic rings. The first kappa shape index (κ1) is 60.5. The van der Waals surface area contributed by atoms with Crippen molar-refractivity contribution in [3.8, 4) is 5.75 Å². The molecule has 444 valence electrons. The lowest BCUT2D eigenvalue weighted by atomic mass is 9.42. The molecule has 0 bridgehead atoms. The van der Waals surface area contributed by atoms with Crippen molar-refractivity contribution in [2.45, 2.75) is 239 Å². The number of ketones is 1. The van der Waals surface area contributed by atoms with Crippen molar-refractivity contribution in [2.24, 2.45) is 16.7 Å². The van der Waals surface area contributed by atoms with Crippen molar-refractivity contribution >= 4 is 17.8 Å². The fourth-order valence-electron chi connectivity index (χ4n) is 14.8. The van der Waals surface area contributed by atoms with E-state index >= 15 is 0 Å². The number of esters is 1. The average molecular weight is 1120 g/mol. The molecule has 1 aromatic carbocycles. The van der Waals surface area contributed by atoms with E-state index in [9.17, 15) is 50.4 Å². The second-order valence-corrected chi connectivity index (χ2v) is 23.7. The van der Waals surface area contributed by atoms with Crippen LogP contribution in [0.4, 0.5) is 0 Å². The van der Waals surface area contributed by atoms with Gasteiger partial charge in [-0.1, -0.05) is 30.7 Å². The largest absolute Gasteiger partial charge is 0.508 e. The monoisotopic (exact) mass is 1120 g/mol. The number of aliphatic hydroxyl groups excluding tert-OH is 4. The van der Waals surface area contributed by atoms with Crippen LogP contribution in [0.15, 0.2) is 42.0 Å². The number of carbonyl (C=O) groups excluding carboxylic acids is 2. The highest BCUT2D eigenvalue weighted by atomic mass is 16.8. The summed E-state index contributed by atoms with van der Waals surface area (Å²) in [7, 11) is 4.70. The molecule has 8 aliphatic rings. The number of aromatic hydroxyl groups is 1. The first-order valence-electron chi connectivity index (χ1n) is 27.9. The predicted molar refractivity (Wildman–Crippen MR) is 275 cm³/mol. The summed E-state index contributed by atoms with van der Waals surface area (Å²) < 4.78 is 74.8. The topological polar surface area (TPSA) is 307 Å². The molecule has 22 nitrogen and oxygen atoms in total. The Morgan fingerprint density at radius 1 is 0.709 bits per heavy atom. The highest BCUT2D eigenvalue weighted by Crippen LogP contribution is 2.71. The Morgan fingerprint density at radius 2 is 1.25 bits per heavy atom. The molecule has 25 atom stereocenters. The zero-order chi connectivity index (χ0) is 57.1. The first-order valence-corrected chi connectivity index (χ1v) is 27.9. The van der Waals surface area contributed by atoms with Crippen LogP contribution in [0.25, 0.3) is 6.08 Å². The molecule has 0 aromatic heterocycles. The van der Waals surface area contributed by atoms with E-state index in [0.717, 1.165) is 5.57 Å². The minimum atomic E-state index is -2.09. The number of hydrogen-bond acceptors (Lipinski definition) is 22. The van der Waals surface area contributed by atoms with Crippen molar-refractivity contribution in [3.05, 3.63) is 47.6 Å². The molecule has 0 spiro atoms. The molecular weight excluding hydrogens is 1040 g/mol. The highest BCUT2D eigenvalue weighted by molar-refractivity contribution is 5.89. The van der Waals surface area contributed by atoms with Crippen molar-refractivity contribution in [2.75, 3.05) is 27.9 Å². The number of Topliss-reactive ketones (excluding diaryl/α,β-unsaturated/α-hetero) is 1. The Morgan fingerprint density at radius 3 is 1.78 bits per heavy atom. The summed E-state index contributed by atoms with van der Waals surface area (Å²) in [6.45, 7) is 9.78. The van der Waals surface area contributed by atoms with Gasteiger partial charge in [-0.2, -0.15) is 0 Å². The normalized spacial score (nSPS) is 48.1. The quantitative estimate of drug-likeness (QED) is 0.0669. The molecule has 7 fully saturated rings. The summed E-state index contributed by atoms with van der Waals surface area (Å²) in [5, 5.41) is 88.7.